The lowest BCUT2D eigenvalue weighted by Gasteiger charge is -2.33. The largest absolute Gasteiger partial charge is 0.494 e. The van der Waals surface area contributed by atoms with Crippen LogP contribution >= 0.6 is 35.3 Å². The number of hydrogen-bond donors (Lipinski definition) is 2. The zero-order valence-electron chi connectivity index (χ0n) is 18.0. The highest BCUT2D eigenvalue weighted by molar-refractivity contribution is 14.0. The summed E-state index contributed by atoms with van der Waals surface area (Å²) in [5.74, 6) is 0.798. The predicted molar refractivity (Wildman–Crippen MR) is 132 cm³/mol. The third-order valence-corrected chi connectivity index (χ3v) is 6.33. The molecule has 1 saturated heterocycles. The van der Waals surface area contributed by atoms with Crippen LogP contribution in [0.1, 0.15) is 34.0 Å². The molecular weight excluding hydrogens is 516 g/mol. The van der Waals surface area contributed by atoms with Crippen LogP contribution in [-0.2, 0) is 13.1 Å². The first-order chi connectivity index (χ1) is 14.0. The Hall–Kier alpha value is -1.46. The number of hydrogen-bond acceptors (Lipinski definition) is 5. The third kappa shape index (κ3) is 6.78. The van der Waals surface area contributed by atoms with Gasteiger partial charge in [0.2, 0.25) is 0 Å². The van der Waals surface area contributed by atoms with Gasteiger partial charge in [0.1, 0.15) is 5.01 Å². The first-order valence-electron chi connectivity index (χ1n) is 9.93. The second-order valence-electron chi connectivity index (χ2n) is 7.34. The van der Waals surface area contributed by atoms with Gasteiger partial charge < -0.3 is 15.4 Å². The van der Waals surface area contributed by atoms with Gasteiger partial charge in [-0.15, -0.1) is 35.3 Å². The van der Waals surface area contributed by atoms with Crippen molar-refractivity contribution < 1.29 is 9.13 Å². The first-order valence-corrected chi connectivity index (χ1v) is 10.7. The lowest BCUT2D eigenvalue weighted by Crippen LogP contribution is -2.48. The van der Waals surface area contributed by atoms with E-state index < -0.39 is 0 Å². The summed E-state index contributed by atoms with van der Waals surface area (Å²) in [6.07, 6.45) is 2.05. The van der Waals surface area contributed by atoms with Crippen LogP contribution in [0.3, 0.4) is 0 Å². The number of ether oxygens (including phenoxy) is 1. The Morgan fingerprint density at radius 1 is 1.33 bits per heavy atom. The van der Waals surface area contributed by atoms with Crippen molar-refractivity contribution in [1.29, 1.82) is 0 Å². The fraction of sp³-hybridized carbons (Fsp3) is 0.524. The monoisotopic (exact) mass is 547 g/mol. The van der Waals surface area contributed by atoms with Gasteiger partial charge in [0.05, 0.1) is 19.3 Å². The molecule has 1 aliphatic heterocycles. The van der Waals surface area contributed by atoms with Crippen LogP contribution in [0, 0.1) is 19.7 Å². The van der Waals surface area contributed by atoms with Gasteiger partial charge >= 0.3 is 0 Å². The molecule has 9 heteroatoms. The molecule has 30 heavy (non-hydrogen) atoms. The summed E-state index contributed by atoms with van der Waals surface area (Å²) in [6.45, 7) is 7.50. The highest BCUT2D eigenvalue weighted by Crippen LogP contribution is 2.20. The molecule has 1 aliphatic rings. The summed E-state index contributed by atoms with van der Waals surface area (Å²) in [7, 11) is 3.28. The van der Waals surface area contributed by atoms with Crippen LogP contribution in [0.5, 0.6) is 5.75 Å². The topological polar surface area (TPSA) is 61.8 Å². The third-order valence-electron chi connectivity index (χ3n) is 5.25. The number of aromatic nitrogens is 1. The van der Waals surface area contributed by atoms with E-state index in [1.807, 2.05) is 13.0 Å². The van der Waals surface area contributed by atoms with E-state index in [1.165, 1.54) is 12.0 Å². The maximum absolute atomic E-state index is 13.9. The molecule has 1 aromatic heterocycles. The number of benzene rings is 1. The highest BCUT2D eigenvalue weighted by atomic mass is 127. The van der Waals surface area contributed by atoms with Crippen LogP contribution in [-0.4, -0.2) is 49.1 Å². The fourth-order valence-electron chi connectivity index (χ4n) is 3.46. The van der Waals surface area contributed by atoms with Crippen molar-refractivity contribution in [2.24, 2.45) is 4.99 Å². The molecule has 1 aromatic carbocycles. The first kappa shape index (κ1) is 24.8. The Morgan fingerprint density at radius 3 is 2.63 bits per heavy atom. The molecule has 166 valence electrons. The molecule has 6 nitrogen and oxygen atoms in total. The Bertz CT molecular complexity index is 832. The number of methoxy groups -OCH3 is 1. The minimum absolute atomic E-state index is 0. The summed E-state index contributed by atoms with van der Waals surface area (Å²) in [4.78, 5) is 12.5. The van der Waals surface area contributed by atoms with Crippen molar-refractivity contribution in [1.82, 2.24) is 20.5 Å². The molecular formula is C21H31FIN5OS. The van der Waals surface area contributed by atoms with E-state index in [0.717, 1.165) is 54.7 Å². The minimum Gasteiger partial charge on any atom is -0.494 e. The number of aliphatic imine (C=N–C) groups is 1. The fourth-order valence-corrected chi connectivity index (χ4v) is 4.34. The van der Waals surface area contributed by atoms with Crippen molar-refractivity contribution in [2.75, 3.05) is 27.2 Å². The van der Waals surface area contributed by atoms with Gasteiger partial charge in [-0.05, 0) is 44.4 Å². The molecule has 2 heterocycles. The van der Waals surface area contributed by atoms with Gasteiger partial charge in [-0.25, -0.2) is 9.37 Å². The summed E-state index contributed by atoms with van der Waals surface area (Å²) in [5.41, 5.74) is 2.07. The molecule has 0 amide bonds. The van der Waals surface area contributed by atoms with Gasteiger partial charge in [-0.1, -0.05) is 6.07 Å². The van der Waals surface area contributed by atoms with E-state index in [2.05, 4.69) is 32.4 Å². The maximum Gasteiger partial charge on any atom is 0.191 e. The van der Waals surface area contributed by atoms with E-state index in [0.29, 0.717) is 18.3 Å². The zero-order chi connectivity index (χ0) is 20.8. The van der Waals surface area contributed by atoms with Crippen LogP contribution in [0.25, 0.3) is 0 Å². The zero-order valence-corrected chi connectivity index (χ0v) is 21.1. The van der Waals surface area contributed by atoms with Gasteiger partial charge in [0.15, 0.2) is 17.5 Å². The van der Waals surface area contributed by atoms with Gasteiger partial charge in [0, 0.05) is 37.6 Å². The number of aryl methyl sites for hydroxylation is 2. The summed E-state index contributed by atoms with van der Waals surface area (Å²) < 4.78 is 18.9. The average molecular weight is 547 g/mol. The van der Waals surface area contributed by atoms with Gasteiger partial charge in [-0.3, -0.25) is 9.89 Å². The number of piperidine rings is 1. The molecule has 0 spiro atoms. The number of nitrogens with one attached hydrogen (secondary N) is 2. The molecule has 0 atom stereocenters. The summed E-state index contributed by atoms with van der Waals surface area (Å²) >= 11 is 1.72. The number of nitrogens with zero attached hydrogens (tertiary/aromatic N) is 3. The van der Waals surface area contributed by atoms with Crippen LogP contribution < -0.4 is 15.4 Å². The Labute approximate surface area is 199 Å². The molecule has 3 rings (SSSR count). The maximum atomic E-state index is 13.9. The molecule has 1 fully saturated rings. The molecule has 0 bridgehead atoms. The Morgan fingerprint density at radius 2 is 2.07 bits per heavy atom. The van der Waals surface area contributed by atoms with Gasteiger partial charge in [-0.2, -0.15) is 0 Å². The van der Waals surface area contributed by atoms with Crippen molar-refractivity contribution in [2.45, 2.75) is 45.8 Å². The van der Waals surface area contributed by atoms with E-state index >= 15 is 0 Å². The van der Waals surface area contributed by atoms with E-state index in [1.54, 1.807) is 30.5 Å². The van der Waals surface area contributed by atoms with Gasteiger partial charge in [0.25, 0.3) is 0 Å². The van der Waals surface area contributed by atoms with Crippen molar-refractivity contribution in [3.05, 3.63) is 45.2 Å². The summed E-state index contributed by atoms with van der Waals surface area (Å²) in [6, 6.07) is 5.57. The molecule has 0 aliphatic carbocycles. The van der Waals surface area contributed by atoms with Crippen molar-refractivity contribution >= 4 is 41.3 Å². The lowest BCUT2D eigenvalue weighted by atomic mass is 10.0. The highest BCUT2D eigenvalue weighted by Gasteiger charge is 2.20. The molecule has 0 unspecified atom stereocenters. The van der Waals surface area contributed by atoms with E-state index in [4.69, 9.17) is 4.74 Å². The predicted octanol–water partition coefficient (Wildman–Crippen LogP) is 3.86. The van der Waals surface area contributed by atoms with E-state index in [9.17, 15) is 4.39 Å². The number of guanidine groups is 1. The standard InChI is InChI=1S/C21H30FN5OS.HI/c1-14-15(2)29-20(25-14)12-24-21(23-3)26-17-7-9-27(10-8-17)13-16-5-6-19(28-4)18(22)11-16;/h5-6,11,17H,7-10,12-13H2,1-4H3,(H2,23,24,26);1H. The van der Waals surface area contributed by atoms with Crippen LogP contribution in [0.4, 0.5) is 4.39 Å². The summed E-state index contributed by atoms with van der Waals surface area (Å²) in [5, 5.41) is 7.95. The molecule has 0 saturated carbocycles. The second kappa shape index (κ2) is 11.8. The average Bonchev–Trinajstić information content (AvgIpc) is 3.04. The number of halogens is 2. The quantitative estimate of drug-likeness (QED) is 0.327. The molecule has 2 aromatic rings. The van der Waals surface area contributed by atoms with Crippen LogP contribution in [0.2, 0.25) is 0 Å². The molecule has 0 radical (unpaired) electrons. The lowest BCUT2D eigenvalue weighted by molar-refractivity contribution is 0.198. The number of thiazole rings is 1. The second-order valence-corrected chi connectivity index (χ2v) is 8.63. The van der Waals surface area contributed by atoms with E-state index in [-0.39, 0.29) is 29.8 Å². The number of likely N-dealkylation sites (tertiary alicyclic amines) is 1. The normalized spacial score (nSPS) is 15.6. The van der Waals surface area contributed by atoms with Crippen molar-refractivity contribution in [3.8, 4) is 5.75 Å². The number of rotatable bonds is 6. The Balaban J connectivity index is 0.00000320. The minimum atomic E-state index is -0.304. The molecule has 2 N–H and O–H groups in total. The SMILES string of the molecule is CN=C(NCc1nc(C)c(C)s1)NC1CCN(Cc2ccc(OC)c(F)c2)CC1.I. The smallest absolute Gasteiger partial charge is 0.191 e. The van der Waals surface area contributed by atoms with Crippen molar-refractivity contribution in [3.63, 3.8) is 0 Å². The Kier molecular flexibility index (Phi) is 9.76. The van der Waals surface area contributed by atoms with Crippen LogP contribution in [0.15, 0.2) is 23.2 Å².